The first kappa shape index (κ1) is 21.2. The average molecular weight is 330 g/mol. The standard InChI is InChI=1S/C16H30N2O5/c1-6-7-8-23-16(22)17-12(9-10(2)3)14(19)18-13(11(4)5)15(20)21/h10-13H,6-9H2,1-5H3,(H,17,22)(H,18,19)(H,20,21)/t12-,13-/m0/s1. The summed E-state index contributed by atoms with van der Waals surface area (Å²) in [6, 6.07) is -1.81. The van der Waals surface area contributed by atoms with Crippen molar-refractivity contribution in [1.82, 2.24) is 10.6 Å². The van der Waals surface area contributed by atoms with Gasteiger partial charge < -0.3 is 20.5 Å². The van der Waals surface area contributed by atoms with Crippen molar-refractivity contribution in [3.63, 3.8) is 0 Å². The number of alkyl carbamates (subject to hydrolysis) is 1. The quantitative estimate of drug-likeness (QED) is 0.532. The Morgan fingerprint density at radius 3 is 2.13 bits per heavy atom. The SMILES string of the molecule is CCCCOC(=O)N[C@@H](CC(C)C)C(=O)N[C@H](C(=O)O)C(C)C. The Hall–Kier alpha value is -1.79. The molecule has 0 fully saturated rings. The molecule has 0 bridgehead atoms. The van der Waals surface area contributed by atoms with E-state index in [-0.39, 0.29) is 11.8 Å². The predicted octanol–water partition coefficient (Wildman–Crippen LogP) is 2.15. The molecule has 0 aliphatic carbocycles. The summed E-state index contributed by atoms with van der Waals surface area (Å²) in [5.41, 5.74) is 0. The average Bonchev–Trinajstić information content (AvgIpc) is 2.42. The molecule has 0 radical (unpaired) electrons. The molecule has 2 atom stereocenters. The summed E-state index contributed by atoms with van der Waals surface area (Å²) < 4.78 is 5.00. The van der Waals surface area contributed by atoms with Gasteiger partial charge in [-0.05, 0) is 24.7 Å². The van der Waals surface area contributed by atoms with Crippen molar-refractivity contribution >= 4 is 18.0 Å². The van der Waals surface area contributed by atoms with E-state index in [1.807, 2.05) is 20.8 Å². The van der Waals surface area contributed by atoms with Crippen molar-refractivity contribution in [2.75, 3.05) is 6.61 Å². The molecule has 0 unspecified atom stereocenters. The molecule has 0 aromatic heterocycles. The Bertz CT molecular complexity index is 396. The number of aliphatic carboxylic acids is 1. The van der Waals surface area contributed by atoms with Gasteiger partial charge in [0.15, 0.2) is 0 Å². The van der Waals surface area contributed by atoms with Crippen molar-refractivity contribution in [1.29, 1.82) is 0 Å². The van der Waals surface area contributed by atoms with Crippen molar-refractivity contribution < 1.29 is 24.2 Å². The molecule has 0 spiro atoms. The van der Waals surface area contributed by atoms with Crippen LogP contribution in [0, 0.1) is 11.8 Å². The molecule has 0 aliphatic heterocycles. The normalized spacial score (nSPS) is 13.5. The molecule has 23 heavy (non-hydrogen) atoms. The van der Waals surface area contributed by atoms with E-state index >= 15 is 0 Å². The molecule has 7 heteroatoms. The van der Waals surface area contributed by atoms with Gasteiger partial charge in [0.05, 0.1) is 6.61 Å². The first-order valence-electron chi connectivity index (χ1n) is 8.15. The highest BCUT2D eigenvalue weighted by atomic mass is 16.5. The lowest BCUT2D eigenvalue weighted by Gasteiger charge is -2.24. The maximum absolute atomic E-state index is 12.3. The molecule has 0 aliphatic rings. The van der Waals surface area contributed by atoms with E-state index in [9.17, 15) is 14.4 Å². The van der Waals surface area contributed by atoms with Crippen LogP contribution < -0.4 is 10.6 Å². The van der Waals surface area contributed by atoms with E-state index in [2.05, 4.69) is 10.6 Å². The number of carbonyl (C=O) groups is 3. The lowest BCUT2D eigenvalue weighted by atomic mass is 10.0. The Labute approximate surface area is 138 Å². The number of unbranched alkanes of at least 4 members (excludes halogenated alkanes) is 1. The van der Waals surface area contributed by atoms with E-state index < -0.39 is 30.1 Å². The Kier molecular flexibility index (Phi) is 10.0. The molecule has 7 nitrogen and oxygen atoms in total. The van der Waals surface area contributed by atoms with Gasteiger partial charge in [-0.3, -0.25) is 4.79 Å². The van der Waals surface area contributed by atoms with Gasteiger partial charge in [-0.25, -0.2) is 9.59 Å². The molecule has 0 aromatic carbocycles. The lowest BCUT2D eigenvalue weighted by molar-refractivity contribution is -0.143. The van der Waals surface area contributed by atoms with Crippen LogP contribution in [0.15, 0.2) is 0 Å². The Morgan fingerprint density at radius 1 is 1.09 bits per heavy atom. The van der Waals surface area contributed by atoms with Crippen LogP contribution >= 0.6 is 0 Å². The number of rotatable bonds is 10. The number of amides is 2. The molecule has 0 rings (SSSR count). The number of hydrogen-bond donors (Lipinski definition) is 3. The fraction of sp³-hybridized carbons (Fsp3) is 0.812. The number of ether oxygens (including phenoxy) is 1. The van der Waals surface area contributed by atoms with Crippen molar-refractivity contribution in [2.45, 2.75) is 66.0 Å². The summed E-state index contributed by atoms with van der Waals surface area (Å²) in [5.74, 6) is -1.70. The summed E-state index contributed by atoms with van der Waals surface area (Å²) in [5, 5.41) is 14.2. The number of carboxylic acid groups (broad SMARTS) is 1. The molecule has 134 valence electrons. The zero-order chi connectivity index (χ0) is 18.0. The fourth-order valence-corrected chi connectivity index (χ4v) is 1.96. The summed E-state index contributed by atoms with van der Waals surface area (Å²) >= 11 is 0. The van der Waals surface area contributed by atoms with E-state index in [4.69, 9.17) is 9.84 Å². The van der Waals surface area contributed by atoms with Gasteiger partial charge in [0.25, 0.3) is 0 Å². The molecular formula is C16H30N2O5. The molecule has 0 aromatic rings. The van der Waals surface area contributed by atoms with Gasteiger partial charge in [-0.2, -0.15) is 0 Å². The summed E-state index contributed by atoms with van der Waals surface area (Å²) in [7, 11) is 0. The first-order valence-corrected chi connectivity index (χ1v) is 8.15. The van der Waals surface area contributed by atoms with Gasteiger partial charge in [-0.15, -0.1) is 0 Å². The van der Waals surface area contributed by atoms with Gasteiger partial charge >= 0.3 is 12.1 Å². The molecule has 3 N–H and O–H groups in total. The summed E-state index contributed by atoms with van der Waals surface area (Å²) in [6.07, 6.45) is 1.40. The zero-order valence-electron chi connectivity index (χ0n) is 14.7. The minimum absolute atomic E-state index is 0.156. The van der Waals surface area contributed by atoms with Crippen LogP contribution in [0.1, 0.15) is 53.9 Å². The van der Waals surface area contributed by atoms with Crippen LogP contribution in [-0.2, 0) is 14.3 Å². The zero-order valence-corrected chi connectivity index (χ0v) is 14.7. The second-order valence-corrected chi connectivity index (χ2v) is 6.38. The van der Waals surface area contributed by atoms with Crippen molar-refractivity contribution in [3.8, 4) is 0 Å². The van der Waals surface area contributed by atoms with Gasteiger partial charge in [0.1, 0.15) is 12.1 Å². The van der Waals surface area contributed by atoms with E-state index in [1.54, 1.807) is 13.8 Å². The smallest absolute Gasteiger partial charge is 0.407 e. The van der Waals surface area contributed by atoms with E-state index in [0.717, 1.165) is 12.8 Å². The number of hydrogen-bond acceptors (Lipinski definition) is 4. The highest BCUT2D eigenvalue weighted by Gasteiger charge is 2.29. The maximum Gasteiger partial charge on any atom is 0.407 e. The topological polar surface area (TPSA) is 105 Å². The third-order valence-corrected chi connectivity index (χ3v) is 3.28. The minimum Gasteiger partial charge on any atom is -0.480 e. The van der Waals surface area contributed by atoms with Gasteiger partial charge in [-0.1, -0.05) is 41.0 Å². The second kappa shape index (κ2) is 10.9. The first-order chi connectivity index (χ1) is 10.7. The fourth-order valence-electron chi connectivity index (χ4n) is 1.96. The van der Waals surface area contributed by atoms with E-state index in [0.29, 0.717) is 13.0 Å². The van der Waals surface area contributed by atoms with E-state index in [1.165, 1.54) is 0 Å². The van der Waals surface area contributed by atoms with Gasteiger partial charge in [0.2, 0.25) is 5.91 Å². The third-order valence-electron chi connectivity index (χ3n) is 3.28. The lowest BCUT2D eigenvalue weighted by Crippen LogP contribution is -2.53. The van der Waals surface area contributed by atoms with Crippen molar-refractivity contribution in [2.24, 2.45) is 11.8 Å². The Morgan fingerprint density at radius 2 is 1.70 bits per heavy atom. The summed E-state index contributed by atoms with van der Waals surface area (Å²) in [4.78, 5) is 35.2. The van der Waals surface area contributed by atoms with Crippen LogP contribution in [0.25, 0.3) is 0 Å². The van der Waals surface area contributed by atoms with Crippen molar-refractivity contribution in [3.05, 3.63) is 0 Å². The number of carbonyl (C=O) groups excluding carboxylic acids is 2. The molecule has 0 heterocycles. The monoisotopic (exact) mass is 330 g/mol. The maximum atomic E-state index is 12.3. The predicted molar refractivity (Wildman–Crippen MR) is 87.0 cm³/mol. The summed E-state index contributed by atoms with van der Waals surface area (Å²) in [6.45, 7) is 9.53. The van der Waals surface area contributed by atoms with Crippen LogP contribution in [0.5, 0.6) is 0 Å². The molecule has 0 saturated heterocycles. The van der Waals surface area contributed by atoms with Crippen LogP contribution in [0.4, 0.5) is 4.79 Å². The number of nitrogens with one attached hydrogen (secondary N) is 2. The van der Waals surface area contributed by atoms with Gasteiger partial charge in [0, 0.05) is 0 Å². The molecular weight excluding hydrogens is 300 g/mol. The largest absolute Gasteiger partial charge is 0.480 e. The molecule has 0 saturated carbocycles. The van der Waals surface area contributed by atoms with Crippen LogP contribution in [-0.4, -0.2) is 41.8 Å². The highest BCUT2D eigenvalue weighted by Crippen LogP contribution is 2.08. The minimum atomic E-state index is -1.10. The number of carboxylic acids is 1. The second-order valence-electron chi connectivity index (χ2n) is 6.38. The highest BCUT2D eigenvalue weighted by molar-refractivity contribution is 5.89. The van der Waals surface area contributed by atoms with Crippen LogP contribution in [0.3, 0.4) is 0 Å². The van der Waals surface area contributed by atoms with Crippen LogP contribution in [0.2, 0.25) is 0 Å². The Balaban J connectivity index is 4.77. The third kappa shape index (κ3) is 9.05. The molecule has 2 amide bonds.